The molecule has 0 aliphatic heterocycles. The number of hydrogen-bond acceptors (Lipinski definition) is 7. The molecule has 0 bridgehead atoms. The van der Waals surface area contributed by atoms with Gasteiger partial charge in [0.25, 0.3) is 0 Å². The Morgan fingerprint density at radius 3 is 2.83 bits per heavy atom. The summed E-state index contributed by atoms with van der Waals surface area (Å²) in [5, 5.41) is 8.55. The van der Waals surface area contributed by atoms with Crippen molar-refractivity contribution in [2.45, 2.75) is 24.1 Å². The maximum Gasteiger partial charge on any atom is 0.319 e. The highest BCUT2D eigenvalue weighted by Crippen LogP contribution is 2.27. The number of carbonyl (C=O) groups excluding carboxylic acids is 1. The molecule has 118 valence electrons. The molecule has 23 heavy (non-hydrogen) atoms. The highest BCUT2D eigenvalue weighted by molar-refractivity contribution is 8.00. The van der Waals surface area contributed by atoms with Crippen LogP contribution in [0.25, 0.3) is 16.9 Å². The summed E-state index contributed by atoms with van der Waals surface area (Å²) >= 11 is 1.29. The van der Waals surface area contributed by atoms with Crippen molar-refractivity contribution in [1.29, 1.82) is 0 Å². The number of hydrogen-bond donors (Lipinski definition) is 0. The Labute approximate surface area is 137 Å². The Bertz CT molecular complexity index is 821. The molecular formula is C15H15N5O2S. The minimum atomic E-state index is -0.380. The first-order valence-corrected chi connectivity index (χ1v) is 8.03. The van der Waals surface area contributed by atoms with Crippen LogP contribution in [0.2, 0.25) is 0 Å². The van der Waals surface area contributed by atoms with Gasteiger partial charge in [-0.15, -0.1) is 5.10 Å². The second kappa shape index (κ2) is 6.74. The Kier molecular flexibility index (Phi) is 4.52. The molecule has 0 fully saturated rings. The third kappa shape index (κ3) is 3.16. The van der Waals surface area contributed by atoms with Crippen molar-refractivity contribution in [3.05, 3.63) is 36.7 Å². The normalized spacial score (nSPS) is 12.3. The second-order valence-electron chi connectivity index (χ2n) is 4.70. The molecule has 1 aromatic carbocycles. The van der Waals surface area contributed by atoms with E-state index in [1.54, 1.807) is 18.5 Å². The zero-order chi connectivity index (χ0) is 16.2. The van der Waals surface area contributed by atoms with Gasteiger partial charge in [0.2, 0.25) is 0 Å². The summed E-state index contributed by atoms with van der Waals surface area (Å²) in [6, 6.07) is 9.61. The fourth-order valence-corrected chi connectivity index (χ4v) is 2.88. The molecule has 0 amide bonds. The predicted molar refractivity (Wildman–Crippen MR) is 86.4 cm³/mol. The minimum Gasteiger partial charge on any atom is -0.465 e. The summed E-state index contributed by atoms with van der Waals surface area (Å²) in [6.45, 7) is 3.91. The van der Waals surface area contributed by atoms with Crippen molar-refractivity contribution in [3.63, 3.8) is 0 Å². The molecule has 0 saturated carbocycles. The second-order valence-corrected chi connectivity index (χ2v) is 6.03. The van der Waals surface area contributed by atoms with Crippen molar-refractivity contribution >= 4 is 28.9 Å². The molecule has 7 nitrogen and oxygen atoms in total. The number of benzene rings is 1. The van der Waals surface area contributed by atoms with Crippen LogP contribution in [0.4, 0.5) is 0 Å². The number of aromatic nitrogens is 5. The van der Waals surface area contributed by atoms with E-state index in [1.807, 2.05) is 30.3 Å². The zero-order valence-electron chi connectivity index (χ0n) is 12.7. The smallest absolute Gasteiger partial charge is 0.319 e. The molecule has 2 aromatic heterocycles. The standard InChI is InChI=1S/C15H15N5O2S/c1-3-22-15(21)10(2)23-14-12-13(16-9-17-14)20(19-18-12)11-7-5-4-6-8-11/h4-10H,3H2,1-2H3/t10-/m1/s1. The Balaban J connectivity index is 1.95. The fraction of sp³-hybridized carbons (Fsp3) is 0.267. The van der Waals surface area contributed by atoms with Crippen LogP contribution < -0.4 is 0 Å². The van der Waals surface area contributed by atoms with E-state index in [0.29, 0.717) is 22.8 Å². The van der Waals surface area contributed by atoms with Crippen molar-refractivity contribution < 1.29 is 9.53 Å². The van der Waals surface area contributed by atoms with Gasteiger partial charge in [-0.3, -0.25) is 4.79 Å². The number of thioether (sulfide) groups is 1. The van der Waals surface area contributed by atoms with E-state index in [-0.39, 0.29) is 11.2 Å². The number of para-hydroxylation sites is 1. The zero-order valence-corrected chi connectivity index (χ0v) is 13.5. The SMILES string of the molecule is CCOC(=O)[C@@H](C)Sc1ncnc2c1nnn2-c1ccccc1. The molecule has 0 saturated heterocycles. The molecular weight excluding hydrogens is 314 g/mol. The first-order chi connectivity index (χ1) is 11.2. The average molecular weight is 329 g/mol. The maximum absolute atomic E-state index is 11.8. The summed E-state index contributed by atoms with van der Waals surface area (Å²) in [4.78, 5) is 20.3. The lowest BCUT2D eigenvalue weighted by Crippen LogP contribution is -2.16. The van der Waals surface area contributed by atoms with Crippen molar-refractivity contribution in [2.75, 3.05) is 6.61 Å². The van der Waals surface area contributed by atoms with Gasteiger partial charge in [-0.05, 0) is 26.0 Å². The fourth-order valence-electron chi connectivity index (χ4n) is 2.03. The van der Waals surface area contributed by atoms with Crippen LogP contribution in [-0.4, -0.2) is 42.8 Å². The lowest BCUT2D eigenvalue weighted by molar-refractivity contribution is -0.142. The first-order valence-electron chi connectivity index (χ1n) is 7.15. The van der Waals surface area contributed by atoms with Crippen molar-refractivity contribution in [1.82, 2.24) is 25.0 Å². The monoisotopic (exact) mass is 329 g/mol. The third-order valence-corrected chi connectivity index (χ3v) is 4.18. The summed E-state index contributed by atoms with van der Waals surface area (Å²) in [5.74, 6) is -0.278. The molecule has 8 heteroatoms. The molecule has 0 aliphatic rings. The molecule has 3 aromatic rings. The van der Waals surface area contributed by atoms with E-state index in [0.717, 1.165) is 5.69 Å². The number of nitrogens with zero attached hydrogens (tertiary/aromatic N) is 5. The Hall–Kier alpha value is -2.48. The van der Waals surface area contributed by atoms with Crippen molar-refractivity contribution in [3.8, 4) is 5.69 Å². The maximum atomic E-state index is 11.8. The van der Waals surface area contributed by atoms with Gasteiger partial charge in [-0.1, -0.05) is 35.2 Å². The number of carbonyl (C=O) groups is 1. The molecule has 1 atom stereocenters. The highest BCUT2D eigenvalue weighted by atomic mass is 32.2. The highest BCUT2D eigenvalue weighted by Gasteiger charge is 2.20. The van der Waals surface area contributed by atoms with Gasteiger partial charge in [-0.25, -0.2) is 9.97 Å². The molecule has 0 spiro atoms. The molecule has 0 aliphatic carbocycles. The van der Waals surface area contributed by atoms with Gasteiger partial charge in [0.05, 0.1) is 12.3 Å². The number of ether oxygens (including phenoxy) is 1. The van der Waals surface area contributed by atoms with Gasteiger partial charge in [0.15, 0.2) is 11.2 Å². The van der Waals surface area contributed by atoms with Crippen LogP contribution in [-0.2, 0) is 9.53 Å². The molecule has 2 heterocycles. The topological polar surface area (TPSA) is 82.8 Å². The van der Waals surface area contributed by atoms with Crippen LogP contribution in [0.1, 0.15) is 13.8 Å². The van der Waals surface area contributed by atoms with Gasteiger partial charge in [-0.2, -0.15) is 4.68 Å². The van der Waals surface area contributed by atoms with Crippen LogP contribution in [0, 0.1) is 0 Å². The van der Waals surface area contributed by atoms with Gasteiger partial charge >= 0.3 is 5.97 Å². The Morgan fingerprint density at radius 2 is 2.09 bits per heavy atom. The van der Waals surface area contributed by atoms with E-state index >= 15 is 0 Å². The minimum absolute atomic E-state index is 0.278. The summed E-state index contributed by atoms with van der Waals surface area (Å²) in [7, 11) is 0. The summed E-state index contributed by atoms with van der Waals surface area (Å²) < 4.78 is 6.67. The molecule has 0 N–H and O–H groups in total. The number of fused-ring (bicyclic) bond motifs is 1. The lowest BCUT2D eigenvalue weighted by Gasteiger charge is -2.09. The van der Waals surface area contributed by atoms with Crippen LogP contribution in [0.5, 0.6) is 0 Å². The first kappa shape index (κ1) is 15.4. The average Bonchev–Trinajstić information content (AvgIpc) is 3.01. The van der Waals surface area contributed by atoms with Crippen LogP contribution >= 0.6 is 11.8 Å². The van der Waals surface area contributed by atoms with Crippen LogP contribution in [0.3, 0.4) is 0 Å². The van der Waals surface area contributed by atoms with E-state index in [1.165, 1.54) is 18.1 Å². The molecule has 3 rings (SSSR count). The third-order valence-electron chi connectivity index (χ3n) is 3.11. The Morgan fingerprint density at radius 1 is 1.30 bits per heavy atom. The molecule has 0 unspecified atom stereocenters. The van der Waals surface area contributed by atoms with E-state index < -0.39 is 0 Å². The largest absolute Gasteiger partial charge is 0.465 e. The lowest BCUT2D eigenvalue weighted by atomic mass is 10.3. The predicted octanol–water partition coefficient (Wildman–Crippen LogP) is 2.25. The summed E-state index contributed by atoms with van der Waals surface area (Å²) in [5.41, 5.74) is 2.03. The molecule has 0 radical (unpaired) electrons. The van der Waals surface area contributed by atoms with E-state index in [9.17, 15) is 4.79 Å². The van der Waals surface area contributed by atoms with Gasteiger partial charge < -0.3 is 4.74 Å². The van der Waals surface area contributed by atoms with Crippen LogP contribution in [0.15, 0.2) is 41.7 Å². The van der Waals surface area contributed by atoms with Crippen molar-refractivity contribution in [2.24, 2.45) is 0 Å². The van der Waals surface area contributed by atoms with E-state index in [2.05, 4.69) is 20.3 Å². The van der Waals surface area contributed by atoms with Gasteiger partial charge in [0.1, 0.15) is 16.6 Å². The summed E-state index contributed by atoms with van der Waals surface area (Å²) in [6.07, 6.45) is 1.45. The number of esters is 1. The quantitative estimate of drug-likeness (QED) is 0.403. The number of rotatable bonds is 5. The van der Waals surface area contributed by atoms with E-state index in [4.69, 9.17) is 4.74 Å². The van der Waals surface area contributed by atoms with Gasteiger partial charge in [0, 0.05) is 0 Å².